The number of nitriles is 1. The van der Waals surface area contributed by atoms with E-state index < -0.39 is 11.1 Å². The number of ether oxygens (including phenoxy) is 1. The molecule has 0 aliphatic rings. The Kier molecular flexibility index (Phi) is 3.01. The van der Waals surface area contributed by atoms with Crippen LogP contribution in [-0.4, -0.2) is 15.9 Å². The van der Waals surface area contributed by atoms with E-state index in [1.54, 1.807) is 0 Å². The van der Waals surface area contributed by atoms with E-state index >= 15 is 0 Å². The Labute approximate surface area is 78.0 Å². The van der Waals surface area contributed by atoms with E-state index in [0.29, 0.717) is 5.75 Å². The summed E-state index contributed by atoms with van der Waals surface area (Å²) in [7, 11) is 1.44. The third-order valence-corrected chi connectivity index (χ3v) is 2.15. The van der Waals surface area contributed by atoms with Crippen molar-refractivity contribution in [2.75, 3.05) is 7.11 Å². The molecule has 68 valence electrons. The molecule has 1 aromatic carbocycles. The highest BCUT2D eigenvalue weighted by Crippen LogP contribution is 2.19. The lowest BCUT2D eigenvalue weighted by molar-refractivity contribution is 0.413. The highest BCUT2D eigenvalue weighted by molar-refractivity contribution is 7.79. The predicted molar refractivity (Wildman–Crippen MR) is 46.7 cm³/mol. The van der Waals surface area contributed by atoms with Crippen molar-refractivity contribution in [2.45, 2.75) is 4.90 Å². The van der Waals surface area contributed by atoms with Crippen LogP contribution in [0, 0.1) is 11.3 Å². The number of nitrogens with zero attached hydrogens (tertiary/aromatic N) is 1. The lowest BCUT2D eigenvalue weighted by Gasteiger charge is -2.02. The normalized spacial score (nSPS) is 11.8. The molecular weight excluding hydrogens is 190 g/mol. The van der Waals surface area contributed by atoms with Crippen molar-refractivity contribution in [3.63, 3.8) is 0 Å². The predicted octanol–water partition coefficient (Wildman–Crippen LogP) is 1.15. The molecule has 0 bridgehead atoms. The minimum Gasteiger partial charge on any atom is -0.495 e. The Balaban J connectivity index is 3.23. The lowest BCUT2D eigenvalue weighted by Crippen LogP contribution is -1.92. The zero-order valence-electron chi connectivity index (χ0n) is 6.85. The second-order valence-corrected chi connectivity index (χ2v) is 3.19. The minimum atomic E-state index is -2.06. The summed E-state index contributed by atoms with van der Waals surface area (Å²) in [6.07, 6.45) is 0. The highest BCUT2D eigenvalue weighted by atomic mass is 32.2. The number of hydrogen-bond donors (Lipinski definition) is 1. The van der Waals surface area contributed by atoms with Crippen molar-refractivity contribution in [2.24, 2.45) is 0 Å². The van der Waals surface area contributed by atoms with Crippen LogP contribution in [0.15, 0.2) is 23.1 Å². The molecule has 0 saturated carbocycles. The molecule has 0 amide bonds. The number of hydrogen-bond acceptors (Lipinski definition) is 3. The lowest BCUT2D eigenvalue weighted by atomic mass is 10.2. The van der Waals surface area contributed by atoms with Gasteiger partial charge in [-0.05, 0) is 18.2 Å². The van der Waals surface area contributed by atoms with E-state index in [0.717, 1.165) is 0 Å². The molecule has 0 aromatic heterocycles. The van der Waals surface area contributed by atoms with Gasteiger partial charge in [0.05, 0.1) is 17.6 Å². The maximum absolute atomic E-state index is 10.6. The zero-order valence-corrected chi connectivity index (χ0v) is 7.67. The van der Waals surface area contributed by atoms with Crippen LogP contribution in [0.2, 0.25) is 0 Å². The molecule has 5 heteroatoms. The first-order valence-electron chi connectivity index (χ1n) is 3.38. The van der Waals surface area contributed by atoms with Crippen LogP contribution >= 0.6 is 0 Å². The van der Waals surface area contributed by atoms with Crippen LogP contribution in [0.1, 0.15) is 5.56 Å². The molecule has 1 N–H and O–H groups in total. The van der Waals surface area contributed by atoms with Crippen LogP contribution in [0.5, 0.6) is 5.75 Å². The Morgan fingerprint density at radius 2 is 2.31 bits per heavy atom. The van der Waals surface area contributed by atoms with Gasteiger partial charge in [0.15, 0.2) is 11.1 Å². The van der Waals surface area contributed by atoms with Gasteiger partial charge in [0.2, 0.25) is 0 Å². The average Bonchev–Trinajstić information content (AvgIpc) is 2.16. The summed E-state index contributed by atoms with van der Waals surface area (Å²) in [6.45, 7) is 0. The molecule has 4 nitrogen and oxygen atoms in total. The Bertz CT molecular complexity index is 383. The van der Waals surface area contributed by atoms with Gasteiger partial charge in [-0.2, -0.15) is 5.26 Å². The summed E-state index contributed by atoms with van der Waals surface area (Å²) < 4.78 is 24.2. The molecule has 0 aliphatic heterocycles. The van der Waals surface area contributed by atoms with E-state index in [9.17, 15) is 4.21 Å². The van der Waals surface area contributed by atoms with Crippen LogP contribution < -0.4 is 4.74 Å². The Hall–Kier alpha value is -1.38. The largest absolute Gasteiger partial charge is 0.495 e. The highest BCUT2D eigenvalue weighted by Gasteiger charge is 2.06. The van der Waals surface area contributed by atoms with Gasteiger partial charge in [0.25, 0.3) is 0 Å². The summed E-state index contributed by atoms with van der Waals surface area (Å²) in [5.41, 5.74) is 0.252. The first-order chi connectivity index (χ1) is 6.19. The van der Waals surface area contributed by atoms with E-state index in [2.05, 4.69) is 0 Å². The summed E-state index contributed by atoms with van der Waals surface area (Å²) in [5.74, 6) is 0.400. The van der Waals surface area contributed by atoms with Crippen molar-refractivity contribution < 1.29 is 13.5 Å². The van der Waals surface area contributed by atoms with Gasteiger partial charge in [-0.1, -0.05) is 0 Å². The molecule has 0 aliphatic carbocycles. The van der Waals surface area contributed by atoms with Gasteiger partial charge in [-0.3, -0.25) is 0 Å². The van der Waals surface area contributed by atoms with Crippen molar-refractivity contribution in [1.82, 2.24) is 0 Å². The van der Waals surface area contributed by atoms with Gasteiger partial charge >= 0.3 is 0 Å². The standard InChI is InChI=1S/C8H7NO3S/c1-12-8-3-2-7(13(10)11)4-6(8)5-9/h2-4H,1H3,(H,10,11). The topological polar surface area (TPSA) is 70.3 Å². The molecule has 1 rings (SSSR count). The maximum atomic E-state index is 10.6. The van der Waals surface area contributed by atoms with Crippen LogP contribution in [0.4, 0.5) is 0 Å². The van der Waals surface area contributed by atoms with Gasteiger partial charge in [0.1, 0.15) is 11.8 Å². The number of rotatable bonds is 2. The fourth-order valence-electron chi connectivity index (χ4n) is 0.883. The smallest absolute Gasteiger partial charge is 0.186 e. The van der Waals surface area contributed by atoms with E-state index in [-0.39, 0.29) is 10.5 Å². The van der Waals surface area contributed by atoms with Gasteiger partial charge in [-0.25, -0.2) is 4.21 Å². The quantitative estimate of drug-likeness (QED) is 0.722. The Morgan fingerprint density at radius 1 is 1.62 bits per heavy atom. The third-order valence-electron chi connectivity index (χ3n) is 1.49. The molecule has 1 atom stereocenters. The van der Waals surface area contributed by atoms with Gasteiger partial charge in [-0.15, -0.1) is 0 Å². The fraction of sp³-hybridized carbons (Fsp3) is 0.125. The third kappa shape index (κ3) is 2.05. The minimum absolute atomic E-state index is 0.192. The van der Waals surface area contributed by atoms with Crippen molar-refractivity contribution in [3.8, 4) is 11.8 Å². The van der Waals surface area contributed by atoms with Crippen molar-refractivity contribution >= 4 is 11.1 Å². The summed E-state index contributed by atoms with van der Waals surface area (Å²) in [6, 6.07) is 6.13. The zero-order chi connectivity index (χ0) is 9.84. The molecular formula is C8H7NO3S. The van der Waals surface area contributed by atoms with E-state index in [1.807, 2.05) is 6.07 Å². The summed E-state index contributed by atoms with van der Waals surface area (Å²) >= 11 is -2.06. The molecule has 0 radical (unpaired) electrons. The monoisotopic (exact) mass is 197 g/mol. The van der Waals surface area contributed by atoms with Crippen molar-refractivity contribution in [3.05, 3.63) is 23.8 Å². The number of benzene rings is 1. The first kappa shape index (κ1) is 9.71. The summed E-state index contributed by atoms with van der Waals surface area (Å²) in [5, 5.41) is 8.65. The molecule has 1 unspecified atom stereocenters. The number of methoxy groups -OCH3 is 1. The van der Waals surface area contributed by atoms with E-state index in [1.165, 1.54) is 25.3 Å². The van der Waals surface area contributed by atoms with Gasteiger partial charge in [0, 0.05) is 0 Å². The molecule has 0 spiro atoms. The molecule has 0 heterocycles. The molecule has 13 heavy (non-hydrogen) atoms. The maximum Gasteiger partial charge on any atom is 0.186 e. The second-order valence-electron chi connectivity index (χ2n) is 2.22. The van der Waals surface area contributed by atoms with Crippen molar-refractivity contribution in [1.29, 1.82) is 5.26 Å². The SMILES string of the molecule is COc1ccc(S(=O)O)cc1C#N. The fourth-order valence-corrected chi connectivity index (χ4v) is 1.29. The molecule has 0 saturated heterocycles. The summed E-state index contributed by atoms with van der Waals surface area (Å²) in [4.78, 5) is 0.192. The van der Waals surface area contributed by atoms with Gasteiger partial charge < -0.3 is 9.29 Å². The molecule has 1 aromatic rings. The average molecular weight is 197 g/mol. The molecule has 0 fully saturated rings. The second kappa shape index (κ2) is 4.03. The van der Waals surface area contributed by atoms with E-state index in [4.69, 9.17) is 14.6 Å². The first-order valence-corrected chi connectivity index (χ1v) is 4.48. The Morgan fingerprint density at radius 3 is 2.77 bits per heavy atom. The van der Waals surface area contributed by atoms with Crippen LogP contribution in [0.3, 0.4) is 0 Å². The van der Waals surface area contributed by atoms with Crippen LogP contribution in [-0.2, 0) is 11.1 Å². The van der Waals surface area contributed by atoms with Crippen LogP contribution in [0.25, 0.3) is 0 Å².